The predicted octanol–water partition coefficient (Wildman–Crippen LogP) is 0.730. The largest absolute Gasteiger partial charge is 0.756 e. The first-order valence-electron chi connectivity index (χ1n) is 21.8. The third kappa shape index (κ3) is 24.9. The number of hydrogen-bond acceptors (Lipinski definition) is 23. The standard InChI is InChI=1S/C17H30B3O12P2.C10H19O7P.C9H19O6P/c1-9(2)7-27-33(22,23)31-12-5-14(18)29-16(12)17(21)32-34(24,25)30-11-6-15(20-19)28-13(11)8-26-10(3)4;1-6(2)5-15-18(13,14)17-8-4-7(3)16-9(8)10(11)12;1-6(2)13-5-9-8(4-7(3)14-9)15-16(10,11)12/h9-16H,5-8H2,1-4H3,(H,22,23)(H,24,25);6-9H,4-5H2,1-3H3,(H,11,12)(H,13,14);6-9H,4-5H2,1-3H3,(H2,10,11,12)/p-4/t11?,12?,13-,14-,15-,16+;7-,8?,9-;7-,8?,9+/m100/s1. The Morgan fingerprint density at radius 1 is 0.647 bits per heavy atom. The number of phosphoric ester groups is 4. The monoisotopic (exact) mass is 1050 g/mol. The summed E-state index contributed by atoms with van der Waals surface area (Å²) in [5, 5.41) is 8.88. The molecule has 8 unspecified atom stereocenters. The zero-order valence-electron chi connectivity index (χ0n) is 39.7. The molecule has 0 aromatic carbocycles. The summed E-state index contributed by atoms with van der Waals surface area (Å²) in [6, 6.07) is -1.69. The van der Waals surface area contributed by atoms with Crippen LogP contribution in [0, 0.1) is 11.8 Å². The average Bonchev–Trinajstić information content (AvgIpc) is 3.95. The number of carboxylic acids is 1. The summed E-state index contributed by atoms with van der Waals surface area (Å²) in [6.07, 6.45) is -8.52. The van der Waals surface area contributed by atoms with E-state index in [1.54, 1.807) is 48.5 Å². The number of ether oxygens (including phenoxy) is 6. The van der Waals surface area contributed by atoms with Crippen molar-refractivity contribution in [1.82, 2.24) is 0 Å². The normalized spacial score (nSPS) is 32.9. The minimum Gasteiger partial charge on any atom is -0.756 e. The molecule has 16 atom stereocenters. The van der Waals surface area contributed by atoms with Crippen LogP contribution < -0.4 is 19.6 Å². The number of hydrogen-bond donors (Lipinski definition) is 2. The molecule has 4 aliphatic rings. The van der Waals surface area contributed by atoms with Gasteiger partial charge in [-0.2, -0.15) is 0 Å². The van der Waals surface area contributed by atoms with Crippen molar-refractivity contribution in [2.75, 3.05) is 26.4 Å². The predicted molar refractivity (Wildman–Crippen MR) is 231 cm³/mol. The minimum atomic E-state index is -5.24. The van der Waals surface area contributed by atoms with Gasteiger partial charge in [0.15, 0.2) is 12.2 Å². The maximum Gasteiger partial charge on any atom is 0.343 e. The second-order valence-corrected chi connectivity index (χ2v) is 22.7. The molecule has 0 bridgehead atoms. The molecule has 68 heavy (non-hydrogen) atoms. The van der Waals surface area contributed by atoms with E-state index >= 15 is 0 Å². The fourth-order valence-electron chi connectivity index (χ4n) is 6.43. The first-order chi connectivity index (χ1) is 31.2. The van der Waals surface area contributed by atoms with Crippen LogP contribution >= 0.6 is 31.3 Å². The Hall–Kier alpha value is -0.625. The Morgan fingerprint density at radius 2 is 1.09 bits per heavy atom. The van der Waals surface area contributed by atoms with Gasteiger partial charge in [0.1, 0.15) is 32.3 Å². The second kappa shape index (κ2) is 28.7. The van der Waals surface area contributed by atoms with Crippen LogP contribution in [0.3, 0.4) is 0 Å². The molecule has 0 saturated carbocycles. The molecule has 0 aromatic rings. The molecule has 4 aliphatic heterocycles. The highest BCUT2D eigenvalue weighted by atomic mass is 31.2. The zero-order valence-corrected chi connectivity index (χ0v) is 43.3. The van der Waals surface area contributed by atoms with Gasteiger partial charge in [0.2, 0.25) is 0 Å². The minimum absolute atomic E-state index is 0.00163. The van der Waals surface area contributed by atoms with Crippen LogP contribution in [0.4, 0.5) is 0 Å². The quantitative estimate of drug-likeness (QED) is 0.0994. The smallest absolute Gasteiger partial charge is 0.343 e. The van der Waals surface area contributed by atoms with Crippen LogP contribution in [0.15, 0.2) is 0 Å². The van der Waals surface area contributed by atoms with E-state index in [4.69, 9.17) is 72.1 Å². The van der Waals surface area contributed by atoms with Crippen molar-refractivity contribution in [2.45, 2.75) is 180 Å². The van der Waals surface area contributed by atoms with Crippen LogP contribution in [-0.2, 0) is 87.9 Å². The Kier molecular flexibility index (Phi) is 26.8. The summed E-state index contributed by atoms with van der Waals surface area (Å²) in [6.45, 7) is 18.0. The van der Waals surface area contributed by atoms with Crippen LogP contribution in [0.25, 0.3) is 0 Å². The molecule has 4 heterocycles. The van der Waals surface area contributed by atoms with Crippen LogP contribution in [0.5, 0.6) is 0 Å². The summed E-state index contributed by atoms with van der Waals surface area (Å²) >= 11 is 0. The summed E-state index contributed by atoms with van der Waals surface area (Å²) in [5.74, 6) is -2.77. The maximum absolute atomic E-state index is 12.5. The number of rotatable bonds is 24. The van der Waals surface area contributed by atoms with E-state index in [1.165, 1.54) is 7.17 Å². The highest BCUT2D eigenvalue weighted by molar-refractivity contribution is 7.46. The van der Waals surface area contributed by atoms with Crippen molar-refractivity contribution in [3.05, 3.63) is 0 Å². The number of carboxylic acid groups (broad SMARTS) is 1. The molecule has 0 aromatic heterocycles. The van der Waals surface area contributed by atoms with Crippen molar-refractivity contribution in [1.29, 1.82) is 0 Å². The fourth-order valence-corrected chi connectivity index (χ4v) is 10.1. The molecule has 0 spiro atoms. The summed E-state index contributed by atoms with van der Waals surface area (Å²) in [7, 11) is -6.92. The Balaban J connectivity index is 0.000000390. The lowest BCUT2D eigenvalue weighted by molar-refractivity contribution is -0.236. The fraction of sp³-hybridized carbons (Fsp3) is 0.944. The molecule has 391 valence electrons. The summed E-state index contributed by atoms with van der Waals surface area (Å²) in [5.41, 5.74) is 0. The number of carbonyl (C=O) groups is 2. The van der Waals surface area contributed by atoms with Gasteiger partial charge in [-0.15, -0.1) is 0 Å². The van der Waals surface area contributed by atoms with Gasteiger partial charge in [-0.3, -0.25) is 18.3 Å². The van der Waals surface area contributed by atoms with Gasteiger partial charge in [-0.25, -0.2) is 9.59 Å². The molecule has 32 heteroatoms. The number of carbonyl (C=O) groups excluding carboxylic acids is 1. The maximum atomic E-state index is 12.5. The molecule has 0 aliphatic carbocycles. The zero-order chi connectivity index (χ0) is 51.9. The van der Waals surface area contributed by atoms with Crippen molar-refractivity contribution in [3.8, 4) is 0 Å². The first kappa shape index (κ1) is 63.5. The van der Waals surface area contributed by atoms with Gasteiger partial charge < -0.3 is 89.7 Å². The van der Waals surface area contributed by atoms with Crippen LogP contribution in [-0.4, -0.2) is 156 Å². The Morgan fingerprint density at radius 3 is 1.54 bits per heavy atom. The van der Waals surface area contributed by atoms with Crippen molar-refractivity contribution < 1.29 is 118 Å². The topological polar surface area (TPSA) is 355 Å². The van der Waals surface area contributed by atoms with Crippen molar-refractivity contribution in [3.63, 3.8) is 0 Å². The molecule has 2 N–H and O–H groups in total. The van der Waals surface area contributed by atoms with Gasteiger partial charge in [-0.05, 0) is 66.2 Å². The lowest BCUT2D eigenvalue weighted by Gasteiger charge is -2.31. The second-order valence-electron chi connectivity index (χ2n) is 17.6. The SMILES string of the molecule is CC(C)COP(=O)([O-])OC1C[C@H](C)O[C@@H]1C(=O)O.CC(C)OC[C@H]1O[C@@H](C)CC1OP(=O)([O-])O.[B][B][C@H]1CC(OP(=O)([O-])OC(=O)[C@H]2O[C@@H]([B])CC2OP(=O)([O-])OCC(C)C)[C@@H](COC(C)C)O1. The van der Waals surface area contributed by atoms with Gasteiger partial charge in [-0.1, -0.05) is 27.7 Å². The molecule has 0 amide bonds. The highest BCUT2D eigenvalue weighted by Gasteiger charge is 2.45. The molecule has 25 nitrogen and oxygen atoms in total. The third-order valence-electron chi connectivity index (χ3n) is 9.29. The lowest BCUT2D eigenvalue weighted by Crippen LogP contribution is -2.36. The van der Waals surface area contributed by atoms with E-state index in [1.807, 2.05) is 20.8 Å². The van der Waals surface area contributed by atoms with Crippen LogP contribution in [0.2, 0.25) is 0 Å². The average molecular weight is 1050 g/mol. The molecule has 4 rings (SSSR count). The highest BCUT2D eigenvalue weighted by Crippen LogP contribution is 2.48. The van der Waals surface area contributed by atoms with Gasteiger partial charge in [0.25, 0.3) is 23.5 Å². The summed E-state index contributed by atoms with van der Waals surface area (Å²) < 4.78 is 112. The van der Waals surface area contributed by atoms with E-state index in [0.717, 1.165) is 0 Å². The van der Waals surface area contributed by atoms with Gasteiger partial charge in [0.05, 0.1) is 70.2 Å². The molecule has 5 radical (unpaired) electrons. The van der Waals surface area contributed by atoms with Crippen molar-refractivity contribution in [2.24, 2.45) is 11.8 Å². The first-order valence-corrected chi connectivity index (χ1v) is 27.7. The van der Waals surface area contributed by atoms with E-state index in [-0.39, 0.29) is 81.9 Å². The van der Waals surface area contributed by atoms with E-state index in [9.17, 15) is 47.4 Å². The van der Waals surface area contributed by atoms with Gasteiger partial charge in [0, 0.05) is 32.6 Å². The van der Waals surface area contributed by atoms with Gasteiger partial charge >= 0.3 is 19.8 Å². The number of aliphatic carboxylic acids is 1. The Bertz CT molecular complexity index is 1740. The molecule has 4 fully saturated rings. The number of phosphoric acid groups is 4. The van der Waals surface area contributed by atoms with Crippen molar-refractivity contribution >= 4 is 66.0 Å². The molecular formula is C36H64B3O25P4-4. The van der Waals surface area contributed by atoms with E-state index in [2.05, 4.69) is 13.6 Å². The van der Waals surface area contributed by atoms with Crippen LogP contribution in [0.1, 0.15) is 94.9 Å². The van der Waals surface area contributed by atoms with E-state index < -0.39 is 104 Å². The summed E-state index contributed by atoms with van der Waals surface area (Å²) in [4.78, 5) is 78.6. The Labute approximate surface area is 401 Å². The van der Waals surface area contributed by atoms with E-state index in [0.29, 0.717) is 6.42 Å². The third-order valence-corrected chi connectivity index (χ3v) is 12.8. The molecular weight excluding hydrogens is 989 g/mol. The molecule has 4 saturated heterocycles. The lowest BCUT2D eigenvalue weighted by atomic mass is 9.51.